The van der Waals surface area contributed by atoms with Crippen molar-refractivity contribution in [2.24, 2.45) is 0 Å². The molecule has 0 saturated heterocycles. The summed E-state index contributed by atoms with van der Waals surface area (Å²) in [5.41, 5.74) is 4.46. The first-order valence-electron chi connectivity index (χ1n) is 12.2. The SMILES string of the molecule is Cc1cc(C)nc(NS(=O)(=O)c2ccc(NC(=S)NC(=O)c3cc(-c4ccccc4)nc4ccccc34)cc2)n1. The van der Waals surface area contributed by atoms with Gasteiger partial charge in [0.2, 0.25) is 5.95 Å². The summed E-state index contributed by atoms with van der Waals surface area (Å²) in [7, 11) is -3.91. The first kappa shape index (κ1) is 26.9. The minimum atomic E-state index is -3.91. The summed E-state index contributed by atoms with van der Waals surface area (Å²) < 4.78 is 28.0. The number of hydrogen-bond donors (Lipinski definition) is 3. The Morgan fingerprint density at radius 1 is 0.800 bits per heavy atom. The summed E-state index contributed by atoms with van der Waals surface area (Å²) in [5, 5.41) is 6.39. The van der Waals surface area contributed by atoms with Crippen molar-refractivity contribution in [3.8, 4) is 11.3 Å². The van der Waals surface area contributed by atoms with Gasteiger partial charge in [-0.2, -0.15) is 0 Å². The van der Waals surface area contributed by atoms with Crippen LogP contribution in [0.3, 0.4) is 0 Å². The molecule has 2 heterocycles. The molecule has 3 N–H and O–H groups in total. The van der Waals surface area contributed by atoms with Gasteiger partial charge in [-0.15, -0.1) is 0 Å². The smallest absolute Gasteiger partial charge is 0.264 e. The second-order valence-corrected chi connectivity index (χ2v) is 11.0. The highest BCUT2D eigenvalue weighted by Gasteiger charge is 2.18. The third kappa shape index (κ3) is 6.11. The van der Waals surface area contributed by atoms with Crippen LogP contribution in [0.15, 0.2) is 95.9 Å². The molecule has 5 aromatic rings. The number of anilines is 2. The van der Waals surface area contributed by atoms with Gasteiger partial charge in [-0.3, -0.25) is 10.1 Å². The van der Waals surface area contributed by atoms with Crippen LogP contribution in [-0.4, -0.2) is 34.4 Å². The van der Waals surface area contributed by atoms with E-state index in [1.165, 1.54) is 12.1 Å². The molecule has 0 aliphatic carbocycles. The Bertz CT molecular complexity index is 1820. The van der Waals surface area contributed by atoms with Gasteiger partial charge in [-0.25, -0.2) is 28.1 Å². The fourth-order valence-electron chi connectivity index (χ4n) is 4.12. The van der Waals surface area contributed by atoms with E-state index in [1.807, 2.05) is 54.6 Å². The maximum absolute atomic E-state index is 13.3. The normalized spacial score (nSPS) is 11.2. The maximum atomic E-state index is 13.3. The Balaban J connectivity index is 1.30. The highest BCUT2D eigenvalue weighted by Crippen LogP contribution is 2.25. The highest BCUT2D eigenvalue weighted by molar-refractivity contribution is 7.92. The van der Waals surface area contributed by atoms with Crippen molar-refractivity contribution in [3.05, 3.63) is 108 Å². The number of hydrogen-bond acceptors (Lipinski definition) is 7. The van der Waals surface area contributed by atoms with Crippen LogP contribution in [-0.2, 0) is 10.0 Å². The number of pyridine rings is 1. The molecular formula is C29H24N6O3S2. The average molecular weight is 569 g/mol. The molecule has 0 radical (unpaired) electrons. The lowest BCUT2D eigenvalue weighted by atomic mass is 10.0. The minimum absolute atomic E-state index is 0.00245. The monoisotopic (exact) mass is 568 g/mol. The standard InChI is InChI=1S/C29H24N6O3S2/c1-18-16-19(2)31-28(30-18)35-40(37,38)22-14-12-21(13-15-22)32-29(39)34-27(36)24-17-26(20-8-4-3-5-9-20)33-25-11-7-6-10-23(24)25/h3-17H,1-2H3,(H,30,31,35)(H2,32,34,36,39). The van der Waals surface area contributed by atoms with E-state index in [0.29, 0.717) is 39.2 Å². The van der Waals surface area contributed by atoms with Crippen molar-refractivity contribution in [2.75, 3.05) is 10.0 Å². The van der Waals surface area contributed by atoms with Crippen LogP contribution in [0.25, 0.3) is 22.2 Å². The number of nitrogens with one attached hydrogen (secondary N) is 3. The molecule has 2 aromatic heterocycles. The number of sulfonamides is 1. The molecule has 11 heteroatoms. The molecular weight excluding hydrogens is 544 g/mol. The van der Waals surface area contributed by atoms with Crippen LogP contribution < -0.4 is 15.4 Å². The molecule has 5 rings (SSSR count). The van der Waals surface area contributed by atoms with E-state index < -0.39 is 15.9 Å². The van der Waals surface area contributed by atoms with E-state index in [9.17, 15) is 13.2 Å². The van der Waals surface area contributed by atoms with Crippen LogP contribution in [0, 0.1) is 13.8 Å². The number of aromatic nitrogens is 3. The largest absolute Gasteiger partial charge is 0.332 e. The Labute approximate surface area is 236 Å². The van der Waals surface area contributed by atoms with Crippen LogP contribution in [0.2, 0.25) is 0 Å². The molecule has 0 bridgehead atoms. The number of rotatable bonds is 6. The summed E-state index contributed by atoms with van der Waals surface area (Å²) >= 11 is 5.37. The molecule has 0 aliphatic heterocycles. The molecule has 0 unspecified atom stereocenters. The van der Waals surface area contributed by atoms with Gasteiger partial charge in [0.05, 0.1) is 21.7 Å². The van der Waals surface area contributed by atoms with E-state index in [2.05, 4.69) is 25.3 Å². The number of aryl methyl sites for hydroxylation is 2. The van der Waals surface area contributed by atoms with Crippen LogP contribution in [0.5, 0.6) is 0 Å². The molecule has 1 amide bonds. The molecule has 0 atom stereocenters. The Morgan fingerprint density at radius 3 is 2.15 bits per heavy atom. The second-order valence-electron chi connectivity index (χ2n) is 8.95. The number of benzene rings is 3. The third-order valence-corrected chi connectivity index (χ3v) is 7.44. The lowest BCUT2D eigenvalue weighted by molar-refractivity contribution is 0.0979. The average Bonchev–Trinajstić information content (AvgIpc) is 2.92. The fourth-order valence-corrected chi connectivity index (χ4v) is 5.28. The van der Waals surface area contributed by atoms with E-state index in [1.54, 1.807) is 38.1 Å². The minimum Gasteiger partial charge on any atom is -0.332 e. The van der Waals surface area contributed by atoms with Crippen LogP contribution >= 0.6 is 12.2 Å². The van der Waals surface area contributed by atoms with Crippen molar-refractivity contribution in [1.82, 2.24) is 20.3 Å². The van der Waals surface area contributed by atoms with Crippen LogP contribution in [0.1, 0.15) is 21.7 Å². The highest BCUT2D eigenvalue weighted by atomic mass is 32.2. The zero-order valence-electron chi connectivity index (χ0n) is 21.5. The molecule has 0 fully saturated rings. The number of thiocarbonyl (C=S) groups is 1. The first-order valence-corrected chi connectivity index (χ1v) is 14.1. The van der Waals surface area contributed by atoms with Gasteiger partial charge < -0.3 is 5.32 Å². The maximum Gasteiger partial charge on any atom is 0.264 e. The summed E-state index contributed by atoms with van der Waals surface area (Å²) in [6, 6.07) is 26.4. The van der Waals surface area contributed by atoms with E-state index in [-0.39, 0.29) is 16.0 Å². The Morgan fingerprint density at radius 2 is 1.45 bits per heavy atom. The van der Waals surface area contributed by atoms with Crippen molar-refractivity contribution in [3.63, 3.8) is 0 Å². The van der Waals surface area contributed by atoms with E-state index in [4.69, 9.17) is 17.2 Å². The van der Waals surface area contributed by atoms with Crippen molar-refractivity contribution >= 4 is 55.8 Å². The van der Waals surface area contributed by atoms with Crippen molar-refractivity contribution < 1.29 is 13.2 Å². The second kappa shape index (κ2) is 11.2. The molecule has 0 aliphatic rings. The summed E-state index contributed by atoms with van der Waals surface area (Å²) in [5.74, 6) is -0.396. The van der Waals surface area contributed by atoms with Gasteiger partial charge in [0.1, 0.15) is 0 Å². The zero-order valence-corrected chi connectivity index (χ0v) is 23.2. The van der Waals surface area contributed by atoms with Crippen molar-refractivity contribution in [1.29, 1.82) is 0 Å². The summed E-state index contributed by atoms with van der Waals surface area (Å²) in [6.45, 7) is 3.52. The number of fused-ring (bicyclic) bond motifs is 1. The predicted molar refractivity (Wildman–Crippen MR) is 160 cm³/mol. The number of para-hydroxylation sites is 1. The Kier molecular flexibility index (Phi) is 7.50. The number of amides is 1. The third-order valence-electron chi connectivity index (χ3n) is 5.89. The van der Waals surface area contributed by atoms with Crippen LogP contribution in [0.4, 0.5) is 11.6 Å². The number of carbonyl (C=O) groups excluding carboxylic acids is 1. The topological polar surface area (TPSA) is 126 Å². The van der Waals surface area contributed by atoms with Gasteiger partial charge >= 0.3 is 0 Å². The number of carbonyl (C=O) groups is 1. The quantitative estimate of drug-likeness (QED) is 0.238. The summed E-state index contributed by atoms with van der Waals surface area (Å²) in [6.07, 6.45) is 0. The van der Waals surface area contributed by atoms with E-state index in [0.717, 1.165) is 5.56 Å². The van der Waals surface area contributed by atoms with Gasteiger partial charge in [0, 0.05) is 28.0 Å². The predicted octanol–water partition coefficient (Wildman–Crippen LogP) is 5.24. The summed E-state index contributed by atoms with van der Waals surface area (Å²) in [4.78, 5) is 26.3. The molecule has 9 nitrogen and oxygen atoms in total. The lowest BCUT2D eigenvalue weighted by Gasteiger charge is -2.13. The number of nitrogens with zero attached hydrogens (tertiary/aromatic N) is 3. The zero-order chi connectivity index (χ0) is 28.3. The first-order chi connectivity index (χ1) is 19.2. The Hall–Kier alpha value is -4.74. The molecule has 200 valence electrons. The molecule has 0 spiro atoms. The molecule has 0 saturated carbocycles. The van der Waals surface area contributed by atoms with Gasteiger partial charge in [-0.1, -0.05) is 48.5 Å². The fraction of sp³-hybridized carbons (Fsp3) is 0.0690. The van der Waals surface area contributed by atoms with Gasteiger partial charge in [-0.05, 0) is 68.5 Å². The molecule has 3 aromatic carbocycles. The lowest BCUT2D eigenvalue weighted by Crippen LogP contribution is -2.34. The van der Waals surface area contributed by atoms with Gasteiger partial charge in [0.15, 0.2) is 5.11 Å². The van der Waals surface area contributed by atoms with Crippen molar-refractivity contribution in [2.45, 2.75) is 18.7 Å². The van der Waals surface area contributed by atoms with Gasteiger partial charge in [0.25, 0.3) is 15.9 Å². The van der Waals surface area contributed by atoms with E-state index >= 15 is 0 Å². The molecule has 40 heavy (non-hydrogen) atoms.